The van der Waals surface area contributed by atoms with Crippen molar-refractivity contribution in [2.24, 2.45) is 0 Å². The number of hydrogen-bond donors (Lipinski definition) is 4. The molecule has 0 aliphatic rings. The van der Waals surface area contributed by atoms with E-state index in [2.05, 4.69) is 25.6 Å². The first-order valence-corrected chi connectivity index (χ1v) is 11.5. The Bertz CT molecular complexity index is 1710. The molecule has 37 heavy (non-hydrogen) atoms. The van der Waals surface area contributed by atoms with Gasteiger partial charge in [-0.05, 0) is 49.4 Å². The molecule has 0 atom stereocenters. The van der Waals surface area contributed by atoms with Crippen molar-refractivity contribution in [1.29, 1.82) is 0 Å². The predicted octanol–water partition coefficient (Wildman–Crippen LogP) is 5.78. The maximum atomic E-state index is 12.8. The summed E-state index contributed by atoms with van der Waals surface area (Å²) in [6, 6.07) is 20.0. The summed E-state index contributed by atoms with van der Waals surface area (Å²) < 4.78 is 0. The van der Waals surface area contributed by atoms with Crippen LogP contribution >= 0.6 is 11.6 Å². The number of carbonyl (C=O) groups is 1. The first-order valence-electron chi connectivity index (χ1n) is 11.1. The fraction of sp³-hybridized carbons (Fsp3) is 0.0385. The molecular formula is C26H19ClN6O4. The third-order valence-corrected chi connectivity index (χ3v) is 6.00. The van der Waals surface area contributed by atoms with Crippen molar-refractivity contribution in [3.63, 3.8) is 0 Å². The monoisotopic (exact) mass is 514 g/mol. The highest BCUT2D eigenvalue weighted by Crippen LogP contribution is 2.27. The predicted molar refractivity (Wildman–Crippen MR) is 143 cm³/mol. The Morgan fingerprint density at radius 2 is 1.70 bits per heavy atom. The van der Waals surface area contributed by atoms with Gasteiger partial charge in [-0.1, -0.05) is 35.9 Å². The van der Waals surface area contributed by atoms with Crippen LogP contribution in [0.1, 0.15) is 16.1 Å². The van der Waals surface area contributed by atoms with Gasteiger partial charge >= 0.3 is 0 Å². The van der Waals surface area contributed by atoms with Gasteiger partial charge in [0, 0.05) is 39.0 Å². The van der Waals surface area contributed by atoms with Gasteiger partial charge in [0.05, 0.1) is 10.6 Å². The molecule has 10 nitrogen and oxygen atoms in total. The molecule has 0 unspecified atom stereocenters. The van der Waals surface area contributed by atoms with Crippen molar-refractivity contribution < 1.29 is 9.72 Å². The Kier molecular flexibility index (Phi) is 6.16. The van der Waals surface area contributed by atoms with Gasteiger partial charge in [0.15, 0.2) is 0 Å². The first-order chi connectivity index (χ1) is 17.8. The van der Waals surface area contributed by atoms with E-state index >= 15 is 0 Å². The minimum Gasteiger partial charge on any atom is -0.345 e. The number of H-pyrrole nitrogens is 2. The van der Waals surface area contributed by atoms with Crippen molar-refractivity contribution in [2.75, 3.05) is 10.6 Å². The fourth-order valence-corrected chi connectivity index (χ4v) is 3.99. The zero-order valence-electron chi connectivity index (χ0n) is 19.3. The molecule has 2 heterocycles. The average Bonchev–Trinajstić information content (AvgIpc) is 3.33. The lowest BCUT2D eigenvalue weighted by Gasteiger charge is -2.11. The number of aromatic amines is 2. The number of hydrogen-bond acceptors (Lipinski definition) is 6. The van der Waals surface area contributed by atoms with Gasteiger partial charge < -0.3 is 15.6 Å². The van der Waals surface area contributed by atoms with Crippen LogP contribution in [0.25, 0.3) is 22.2 Å². The molecule has 0 bridgehead atoms. The average molecular weight is 515 g/mol. The van der Waals surface area contributed by atoms with E-state index in [1.807, 2.05) is 0 Å². The third kappa shape index (κ3) is 4.91. The number of nitro groups is 1. The number of anilines is 3. The zero-order chi connectivity index (χ0) is 26.1. The van der Waals surface area contributed by atoms with Gasteiger partial charge in [0.25, 0.3) is 17.2 Å². The summed E-state index contributed by atoms with van der Waals surface area (Å²) in [6.07, 6.45) is 0. The van der Waals surface area contributed by atoms with E-state index in [1.54, 1.807) is 73.7 Å². The second-order valence-electron chi connectivity index (χ2n) is 8.23. The largest absolute Gasteiger partial charge is 0.345 e. The Labute approximate surface area is 214 Å². The summed E-state index contributed by atoms with van der Waals surface area (Å²) in [6.45, 7) is 1.68. The Morgan fingerprint density at radius 3 is 2.41 bits per heavy atom. The van der Waals surface area contributed by atoms with E-state index in [0.717, 1.165) is 0 Å². The molecule has 0 spiro atoms. The van der Waals surface area contributed by atoms with E-state index in [9.17, 15) is 19.7 Å². The number of carbonyl (C=O) groups excluding carboxylic acids is 1. The highest BCUT2D eigenvalue weighted by Gasteiger charge is 2.17. The number of benzene rings is 3. The molecule has 5 rings (SSSR count). The number of amides is 1. The minimum absolute atomic E-state index is 0.105. The SMILES string of the molecule is Cc1c(-c2ccc(NC(=O)c3cc4cccc([N+](=O)[O-])c4[nH]3)cc2)nc(Nc2ccc(Cl)cc2)[nH]c1=O. The Balaban J connectivity index is 1.37. The van der Waals surface area contributed by atoms with Crippen molar-refractivity contribution in [3.05, 3.63) is 110 Å². The van der Waals surface area contributed by atoms with Crippen LogP contribution in [-0.2, 0) is 0 Å². The molecule has 0 aliphatic heterocycles. The molecule has 0 radical (unpaired) electrons. The zero-order valence-corrected chi connectivity index (χ0v) is 20.1. The number of aromatic nitrogens is 3. The van der Waals surface area contributed by atoms with E-state index < -0.39 is 10.8 Å². The maximum absolute atomic E-state index is 12.8. The molecule has 0 fully saturated rings. The van der Waals surface area contributed by atoms with Crippen LogP contribution in [0.3, 0.4) is 0 Å². The summed E-state index contributed by atoms with van der Waals surface area (Å²) in [5.74, 6) is -0.170. The number of non-ortho nitro benzene ring substituents is 1. The second kappa shape index (κ2) is 9.59. The van der Waals surface area contributed by atoms with Crippen molar-refractivity contribution >= 4 is 51.4 Å². The molecule has 5 aromatic rings. The normalized spacial score (nSPS) is 10.9. The van der Waals surface area contributed by atoms with Crippen LogP contribution < -0.4 is 16.2 Å². The van der Waals surface area contributed by atoms with Gasteiger partial charge in [0.1, 0.15) is 11.2 Å². The van der Waals surface area contributed by atoms with Crippen LogP contribution in [0, 0.1) is 17.0 Å². The summed E-state index contributed by atoms with van der Waals surface area (Å²) in [5, 5.41) is 18.2. The molecule has 1 amide bonds. The lowest BCUT2D eigenvalue weighted by Crippen LogP contribution is -2.15. The number of fused-ring (bicyclic) bond motifs is 1. The summed E-state index contributed by atoms with van der Waals surface area (Å²) in [4.78, 5) is 46.2. The van der Waals surface area contributed by atoms with Gasteiger partial charge in [-0.3, -0.25) is 24.7 Å². The minimum atomic E-state index is -0.500. The number of rotatable bonds is 6. The van der Waals surface area contributed by atoms with Crippen molar-refractivity contribution in [1.82, 2.24) is 15.0 Å². The number of nitro benzene ring substituents is 1. The van der Waals surface area contributed by atoms with Crippen molar-refractivity contribution in [2.45, 2.75) is 6.92 Å². The number of nitrogens with zero attached hydrogens (tertiary/aromatic N) is 2. The van der Waals surface area contributed by atoms with Gasteiger partial charge in [-0.2, -0.15) is 0 Å². The summed E-state index contributed by atoms with van der Waals surface area (Å²) in [7, 11) is 0. The number of halogens is 1. The van der Waals surface area contributed by atoms with Crippen molar-refractivity contribution in [3.8, 4) is 11.3 Å². The lowest BCUT2D eigenvalue weighted by atomic mass is 10.1. The molecule has 4 N–H and O–H groups in total. The standard InChI is InChI=1S/C26H19ClN6O4/c1-14-22(31-26(32-24(14)34)29-19-11-7-17(27)8-12-19)15-5-9-18(10-6-15)28-25(35)20-13-16-3-2-4-21(33(36)37)23(16)30-20/h2-13,30H,1H3,(H,28,35)(H2,29,31,32,34). The van der Waals surface area contributed by atoms with Gasteiger partial charge in [0.2, 0.25) is 5.95 Å². The second-order valence-corrected chi connectivity index (χ2v) is 8.67. The quantitative estimate of drug-likeness (QED) is 0.167. The van der Waals surface area contributed by atoms with Gasteiger partial charge in [-0.15, -0.1) is 0 Å². The third-order valence-electron chi connectivity index (χ3n) is 5.75. The summed E-state index contributed by atoms with van der Waals surface area (Å²) in [5.41, 5.74) is 2.91. The summed E-state index contributed by atoms with van der Waals surface area (Å²) >= 11 is 5.93. The number of nitrogens with one attached hydrogen (secondary N) is 4. The van der Waals surface area contributed by atoms with E-state index in [4.69, 9.17) is 11.6 Å². The van der Waals surface area contributed by atoms with E-state index in [0.29, 0.717) is 38.6 Å². The van der Waals surface area contributed by atoms with Gasteiger partial charge in [-0.25, -0.2) is 4.98 Å². The fourth-order valence-electron chi connectivity index (χ4n) is 3.87. The molecule has 184 valence electrons. The molecule has 0 aliphatic carbocycles. The molecule has 11 heteroatoms. The highest BCUT2D eigenvalue weighted by atomic mass is 35.5. The number of para-hydroxylation sites is 1. The van der Waals surface area contributed by atoms with Crippen LogP contribution in [0.4, 0.5) is 23.0 Å². The molecule has 3 aromatic carbocycles. The Morgan fingerprint density at radius 1 is 1.00 bits per heavy atom. The first kappa shape index (κ1) is 23.8. The van der Waals surface area contributed by atoms with E-state index in [-0.39, 0.29) is 28.4 Å². The van der Waals surface area contributed by atoms with Crippen LogP contribution in [0.5, 0.6) is 0 Å². The lowest BCUT2D eigenvalue weighted by molar-refractivity contribution is -0.383. The Hall–Kier alpha value is -4.96. The highest BCUT2D eigenvalue weighted by molar-refractivity contribution is 6.30. The van der Waals surface area contributed by atoms with Crippen LogP contribution in [0.2, 0.25) is 5.02 Å². The molecule has 2 aromatic heterocycles. The van der Waals surface area contributed by atoms with E-state index in [1.165, 1.54) is 6.07 Å². The molecule has 0 saturated carbocycles. The van der Waals surface area contributed by atoms with Crippen LogP contribution in [0.15, 0.2) is 77.6 Å². The maximum Gasteiger partial charge on any atom is 0.293 e. The van der Waals surface area contributed by atoms with Crippen LogP contribution in [-0.4, -0.2) is 25.8 Å². The smallest absolute Gasteiger partial charge is 0.293 e. The topological polar surface area (TPSA) is 146 Å². The molecule has 0 saturated heterocycles. The molecular weight excluding hydrogens is 496 g/mol.